The van der Waals surface area contributed by atoms with Gasteiger partial charge in [0.25, 0.3) is 5.91 Å². The maximum absolute atomic E-state index is 12.5. The van der Waals surface area contributed by atoms with E-state index in [0.29, 0.717) is 23.6 Å². The number of para-hydroxylation sites is 1. The van der Waals surface area contributed by atoms with Crippen LogP contribution in [0.3, 0.4) is 0 Å². The lowest BCUT2D eigenvalue weighted by atomic mass is 10.1. The van der Waals surface area contributed by atoms with Gasteiger partial charge in [-0.1, -0.05) is 24.3 Å². The lowest BCUT2D eigenvalue weighted by Gasteiger charge is -2.10. The molecule has 0 radical (unpaired) electrons. The molecule has 2 aromatic carbocycles. The van der Waals surface area contributed by atoms with E-state index < -0.39 is 0 Å². The largest absolute Gasteiger partial charge is 0.494 e. The summed E-state index contributed by atoms with van der Waals surface area (Å²) in [6, 6.07) is 17.8. The molecule has 0 spiro atoms. The Morgan fingerprint density at radius 3 is 2.55 bits per heavy atom. The van der Waals surface area contributed by atoms with Crippen LogP contribution >= 0.6 is 0 Å². The van der Waals surface area contributed by atoms with Gasteiger partial charge in [0.2, 0.25) is 5.91 Å². The van der Waals surface area contributed by atoms with E-state index in [4.69, 9.17) is 9.15 Å². The Hall–Kier alpha value is -3.80. The number of furan rings is 1. The highest BCUT2D eigenvalue weighted by molar-refractivity contribution is 6.07. The van der Waals surface area contributed by atoms with Gasteiger partial charge in [0, 0.05) is 6.08 Å². The molecule has 6 nitrogen and oxygen atoms in total. The Morgan fingerprint density at radius 1 is 1.03 bits per heavy atom. The average Bonchev–Trinajstić information content (AvgIpc) is 3.26. The molecule has 1 aromatic heterocycles. The van der Waals surface area contributed by atoms with E-state index in [2.05, 4.69) is 10.6 Å². The van der Waals surface area contributed by atoms with Gasteiger partial charge in [-0.25, -0.2) is 0 Å². The molecule has 2 N–H and O–H groups in total. The Morgan fingerprint density at radius 2 is 1.83 bits per heavy atom. The molecule has 3 aromatic rings. The molecule has 0 bridgehead atoms. The minimum Gasteiger partial charge on any atom is -0.494 e. The molecule has 0 aliphatic carbocycles. The number of rotatable bonds is 8. The van der Waals surface area contributed by atoms with E-state index in [0.717, 1.165) is 11.3 Å². The van der Waals surface area contributed by atoms with Crippen LogP contribution in [0, 0.1) is 0 Å². The molecule has 0 saturated carbocycles. The van der Waals surface area contributed by atoms with Crippen LogP contribution in [0.2, 0.25) is 0 Å². The topological polar surface area (TPSA) is 80.6 Å². The molecule has 3 rings (SSSR count). The molecule has 2 amide bonds. The Balaban J connectivity index is 1.61. The summed E-state index contributed by atoms with van der Waals surface area (Å²) in [6.07, 6.45) is 4.67. The fraction of sp³-hybridized carbons (Fsp3) is 0.130. The fourth-order valence-electron chi connectivity index (χ4n) is 2.65. The van der Waals surface area contributed by atoms with Crippen molar-refractivity contribution < 1.29 is 18.7 Å². The van der Waals surface area contributed by atoms with Crippen molar-refractivity contribution in [1.82, 2.24) is 5.32 Å². The Bertz CT molecular complexity index is 976. The van der Waals surface area contributed by atoms with Crippen molar-refractivity contribution in [2.24, 2.45) is 0 Å². The Kier molecular flexibility index (Phi) is 6.84. The van der Waals surface area contributed by atoms with Crippen LogP contribution in [0.5, 0.6) is 5.75 Å². The average molecular weight is 390 g/mol. The molecule has 0 fully saturated rings. The van der Waals surface area contributed by atoms with Gasteiger partial charge in [-0.05, 0) is 55.0 Å². The summed E-state index contributed by atoms with van der Waals surface area (Å²) in [5, 5.41) is 5.53. The third-order valence-corrected chi connectivity index (χ3v) is 4.05. The van der Waals surface area contributed by atoms with E-state index >= 15 is 0 Å². The van der Waals surface area contributed by atoms with Gasteiger partial charge in [0.15, 0.2) is 0 Å². The third-order valence-electron chi connectivity index (χ3n) is 4.05. The second-order valence-corrected chi connectivity index (χ2v) is 6.13. The van der Waals surface area contributed by atoms with Crippen molar-refractivity contribution >= 4 is 23.6 Å². The van der Waals surface area contributed by atoms with Crippen LogP contribution in [-0.2, 0) is 11.3 Å². The van der Waals surface area contributed by atoms with Crippen molar-refractivity contribution in [3.8, 4) is 5.75 Å². The Labute approximate surface area is 169 Å². The molecule has 0 aliphatic rings. The lowest BCUT2D eigenvalue weighted by molar-refractivity contribution is -0.111. The minimum absolute atomic E-state index is 0.270. The standard InChI is InChI=1S/C23H22N2O4/c1-2-28-18-12-9-17(10-13-18)11-14-22(26)25-21-8-4-3-7-20(21)23(27)24-16-19-6-5-15-29-19/h3-15H,2,16H2,1H3,(H,24,27)(H,25,26)/b14-11+. The maximum Gasteiger partial charge on any atom is 0.253 e. The SMILES string of the molecule is CCOc1ccc(/C=C/C(=O)Nc2ccccc2C(=O)NCc2ccco2)cc1. The zero-order valence-electron chi connectivity index (χ0n) is 16.1. The second kappa shape index (κ2) is 9.94. The van der Waals surface area contributed by atoms with Gasteiger partial charge in [-0.3, -0.25) is 9.59 Å². The molecule has 1 heterocycles. The van der Waals surface area contributed by atoms with E-state index in [1.807, 2.05) is 31.2 Å². The van der Waals surface area contributed by atoms with Crippen molar-refractivity contribution in [2.75, 3.05) is 11.9 Å². The highest BCUT2D eigenvalue weighted by Crippen LogP contribution is 2.16. The second-order valence-electron chi connectivity index (χ2n) is 6.13. The first-order valence-electron chi connectivity index (χ1n) is 9.27. The monoisotopic (exact) mass is 390 g/mol. The summed E-state index contributed by atoms with van der Waals surface area (Å²) in [4.78, 5) is 24.8. The van der Waals surface area contributed by atoms with Crippen LogP contribution < -0.4 is 15.4 Å². The maximum atomic E-state index is 12.5. The number of ether oxygens (including phenoxy) is 1. The summed E-state index contributed by atoms with van der Waals surface area (Å²) in [7, 11) is 0. The number of amides is 2. The highest BCUT2D eigenvalue weighted by Gasteiger charge is 2.12. The van der Waals surface area contributed by atoms with Gasteiger partial charge in [0.05, 0.1) is 30.7 Å². The summed E-state index contributed by atoms with van der Waals surface area (Å²) in [6.45, 7) is 2.80. The van der Waals surface area contributed by atoms with E-state index in [9.17, 15) is 9.59 Å². The van der Waals surface area contributed by atoms with Gasteiger partial charge < -0.3 is 19.8 Å². The number of carbonyl (C=O) groups is 2. The van der Waals surface area contributed by atoms with Gasteiger partial charge >= 0.3 is 0 Å². The third kappa shape index (κ3) is 5.84. The van der Waals surface area contributed by atoms with Crippen LogP contribution in [0.25, 0.3) is 6.08 Å². The number of hydrogen-bond donors (Lipinski definition) is 2. The summed E-state index contributed by atoms with van der Waals surface area (Å²) in [5.41, 5.74) is 1.68. The molecule has 29 heavy (non-hydrogen) atoms. The van der Waals surface area contributed by atoms with Crippen LogP contribution in [-0.4, -0.2) is 18.4 Å². The van der Waals surface area contributed by atoms with Gasteiger partial charge in [-0.15, -0.1) is 0 Å². The number of anilines is 1. The minimum atomic E-state index is -0.329. The molecule has 0 unspecified atom stereocenters. The molecule has 0 aliphatic heterocycles. The quantitative estimate of drug-likeness (QED) is 0.563. The molecular weight excluding hydrogens is 368 g/mol. The smallest absolute Gasteiger partial charge is 0.253 e. The van der Waals surface area contributed by atoms with Crippen molar-refractivity contribution in [2.45, 2.75) is 13.5 Å². The summed E-state index contributed by atoms with van der Waals surface area (Å²) >= 11 is 0. The molecule has 0 atom stereocenters. The number of nitrogens with one attached hydrogen (secondary N) is 2. The van der Waals surface area contributed by atoms with Gasteiger partial charge in [0.1, 0.15) is 11.5 Å². The summed E-state index contributed by atoms with van der Waals surface area (Å²) in [5.74, 6) is 0.805. The molecule has 6 heteroatoms. The van der Waals surface area contributed by atoms with Gasteiger partial charge in [-0.2, -0.15) is 0 Å². The van der Waals surface area contributed by atoms with E-state index in [1.54, 1.807) is 48.7 Å². The predicted molar refractivity (Wildman–Crippen MR) is 112 cm³/mol. The van der Waals surface area contributed by atoms with Crippen LogP contribution in [0.1, 0.15) is 28.6 Å². The number of carbonyl (C=O) groups excluding carboxylic acids is 2. The highest BCUT2D eigenvalue weighted by atomic mass is 16.5. The van der Waals surface area contributed by atoms with E-state index in [1.165, 1.54) is 6.08 Å². The fourth-order valence-corrected chi connectivity index (χ4v) is 2.65. The van der Waals surface area contributed by atoms with Crippen LogP contribution in [0.15, 0.2) is 77.4 Å². The zero-order chi connectivity index (χ0) is 20.5. The first kappa shape index (κ1) is 19.9. The molecule has 148 valence electrons. The number of benzene rings is 2. The number of hydrogen-bond acceptors (Lipinski definition) is 4. The first-order chi connectivity index (χ1) is 14.2. The molecule has 0 saturated heterocycles. The first-order valence-corrected chi connectivity index (χ1v) is 9.27. The van der Waals surface area contributed by atoms with Crippen molar-refractivity contribution in [1.29, 1.82) is 0 Å². The zero-order valence-corrected chi connectivity index (χ0v) is 16.1. The van der Waals surface area contributed by atoms with Crippen molar-refractivity contribution in [3.05, 3.63) is 89.9 Å². The van der Waals surface area contributed by atoms with Crippen molar-refractivity contribution in [3.63, 3.8) is 0 Å². The van der Waals surface area contributed by atoms with E-state index in [-0.39, 0.29) is 18.4 Å². The normalized spacial score (nSPS) is 10.7. The van der Waals surface area contributed by atoms with Crippen LogP contribution in [0.4, 0.5) is 5.69 Å². The molecular formula is C23H22N2O4. The summed E-state index contributed by atoms with van der Waals surface area (Å²) < 4.78 is 10.6. The lowest BCUT2D eigenvalue weighted by Crippen LogP contribution is -2.24. The predicted octanol–water partition coefficient (Wildman–Crippen LogP) is 4.26.